The van der Waals surface area contributed by atoms with Gasteiger partial charge in [-0.05, 0) is 25.0 Å². The van der Waals surface area contributed by atoms with Gasteiger partial charge in [0.1, 0.15) is 5.78 Å². The van der Waals surface area contributed by atoms with Crippen LogP contribution >= 0.6 is 11.8 Å². The lowest BCUT2D eigenvalue weighted by Gasteiger charge is -2.23. The zero-order valence-electron chi connectivity index (χ0n) is 9.22. The van der Waals surface area contributed by atoms with Gasteiger partial charge in [0.05, 0.1) is 12.0 Å². The number of Topliss-reactive ketones (excluding diaryl/α,β-unsaturated/α-hetero) is 1. The molecular formula is C13H12O3S. The number of carbonyl (C=O) groups is 2. The van der Waals surface area contributed by atoms with Crippen molar-refractivity contribution in [3.8, 4) is 0 Å². The molecular weight excluding hydrogens is 236 g/mol. The summed E-state index contributed by atoms with van der Waals surface area (Å²) in [6.07, 6.45) is 2.34. The molecule has 1 atom stereocenters. The Morgan fingerprint density at radius 3 is 2.88 bits per heavy atom. The quantitative estimate of drug-likeness (QED) is 0.771. The van der Waals surface area contributed by atoms with Gasteiger partial charge in [-0.1, -0.05) is 23.9 Å². The summed E-state index contributed by atoms with van der Waals surface area (Å²) in [7, 11) is 0. The van der Waals surface area contributed by atoms with Crippen molar-refractivity contribution in [2.45, 2.75) is 29.6 Å². The number of fused-ring (bicyclic) bond motifs is 1. The normalized spacial score (nSPS) is 22.8. The molecule has 0 N–H and O–H groups in total. The van der Waals surface area contributed by atoms with Crippen LogP contribution in [-0.2, 0) is 9.53 Å². The average molecular weight is 248 g/mol. The summed E-state index contributed by atoms with van der Waals surface area (Å²) in [5.41, 5.74) is 0.262. The van der Waals surface area contributed by atoms with E-state index in [4.69, 9.17) is 4.74 Å². The fourth-order valence-electron chi connectivity index (χ4n) is 1.91. The van der Waals surface area contributed by atoms with Gasteiger partial charge in [-0.3, -0.25) is 4.79 Å². The van der Waals surface area contributed by atoms with Gasteiger partial charge in [0.25, 0.3) is 0 Å². The number of hydrogen-bond donors (Lipinski definition) is 0. The molecule has 1 saturated carbocycles. The Labute approximate surface area is 104 Å². The summed E-state index contributed by atoms with van der Waals surface area (Å²) in [6, 6.07) is 7.36. The topological polar surface area (TPSA) is 43.4 Å². The van der Waals surface area contributed by atoms with Gasteiger partial charge in [-0.15, -0.1) is 0 Å². The first-order chi connectivity index (χ1) is 8.24. The highest BCUT2D eigenvalue weighted by Crippen LogP contribution is 2.38. The van der Waals surface area contributed by atoms with E-state index in [0.717, 1.165) is 17.7 Å². The van der Waals surface area contributed by atoms with E-state index in [1.165, 1.54) is 11.8 Å². The van der Waals surface area contributed by atoms with E-state index in [0.29, 0.717) is 12.0 Å². The molecule has 1 aliphatic heterocycles. The van der Waals surface area contributed by atoms with E-state index in [1.807, 2.05) is 18.2 Å². The van der Waals surface area contributed by atoms with Gasteiger partial charge in [-0.2, -0.15) is 0 Å². The lowest BCUT2D eigenvalue weighted by Crippen LogP contribution is -2.23. The number of hydrogen-bond acceptors (Lipinski definition) is 4. The Bertz CT molecular complexity index is 479. The molecule has 0 amide bonds. The second-order valence-corrected chi connectivity index (χ2v) is 5.59. The smallest absolute Gasteiger partial charge is 0.340 e. The minimum atomic E-state index is -0.342. The van der Waals surface area contributed by atoms with E-state index in [-0.39, 0.29) is 23.1 Å². The van der Waals surface area contributed by atoms with Crippen molar-refractivity contribution in [2.24, 2.45) is 5.92 Å². The van der Waals surface area contributed by atoms with Crippen LogP contribution in [0.2, 0.25) is 0 Å². The van der Waals surface area contributed by atoms with Gasteiger partial charge in [0, 0.05) is 10.8 Å². The predicted molar refractivity (Wildman–Crippen MR) is 63.9 cm³/mol. The summed E-state index contributed by atoms with van der Waals surface area (Å²) in [5.74, 6) is 0.147. The molecule has 0 saturated heterocycles. The average Bonchev–Trinajstić information content (AvgIpc) is 3.13. The highest BCUT2D eigenvalue weighted by Gasteiger charge is 2.34. The van der Waals surface area contributed by atoms with Gasteiger partial charge in [0.2, 0.25) is 0 Å². The Morgan fingerprint density at radius 1 is 1.35 bits per heavy atom. The molecule has 1 aromatic rings. The van der Waals surface area contributed by atoms with Gasteiger partial charge in [-0.25, -0.2) is 4.79 Å². The zero-order valence-corrected chi connectivity index (χ0v) is 10.0. The second kappa shape index (κ2) is 4.18. The summed E-state index contributed by atoms with van der Waals surface area (Å²) in [5, 5.41) is 0. The molecule has 1 aromatic carbocycles. The fraction of sp³-hybridized carbons (Fsp3) is 0.385. The molecule has 88 valence electrons. The van der Waals surface area contributed by atoms with Crippen molar-refractivity contribution in [3.05, 3.63) is 29.8 Å². The first-order valence-electron chi connectivity index (χ1n) is 5.73. The first kappa shape index (κ1) is 10.8. The maximum Gasteiger partial charge on any atom is 0.340 e. The van der Waals surface area contributed by atoms with Gasteiger partial charge in [0.15, 0.2) is 5.44 Å². The van der Waals surface area contributed by atoms with E-state index in [9.17, 15) is 9.59 Å². The van der Waals surface area contributed by atoms with Crippen LogP contribution in [0.4, 0.5) is 0 Å². The van der Waals surface area contributed by atoms with Crippen molar-refractivity contribution >= 4 is 23.5 Å². The summed E-state index contributed by atoms with van der Waals surface area (Å²) < 4.78 is 5.26. The molecule has 1 unspecified atom stereocenters. The van der Waals surface area contributed by atoms with Crippen LogP contribution in [-0.4, -0.2) is 17.2 Å². The van der Waals surface area contributed by atoms with Crippen LogP contribution in [0.15, 0.2) is 29.2 Å². The Hall–Kier alpha value is -1.29. The molecule has 1 fully saturated rings. The molecule has 1 heterocycles. The van der Waals surface area contributed by atoms with Crippen molar-refractivity contribution < 1.29 is 14.3 Å². The van der Waals surface area contributed by atoms with Crippen molar-refractivity contribution in [3.63, 3.8) is 0 Å². The number of esters is 1. The Balaban J connectivity index is 1.74. The molecule has 2 aliphatic rings. The standard InChI is InChI=1S/C13H12O3S/c14-10(8-5-6-8)7-12-16-13(15)9-3-1-2-4-11(9)17-12/h1-4,8,12H,5-7H2. The Morgan fingerprint density at radius 2 is 2.12 bits per heavy atom. The SMILES string of the molecule is O=C1OC(CC(=O)C2CC2)Sc2ccccc21. The number of cyclic esters (lactones) is 1. The van der Waals surface area contributed by atoms with Crippen molar-refractivity contribution in [1.82, 2.24) is 0 Å². The maximum absolute atomic E-state index is 11.7. The van der Waals surface area contributed by atoms with Crippen LogP contribution in [0.1, 0.15) is 29.6 Å². The van der Waals surface area contributed by atoms with Crippen molar-refractivity contribution in [1.29, 1.82) is 0 Å². The molecule has 3 rings (SSSR count). The van der Waals surface area contributed by atoms with E-state index >= 15 is 0 Å². The van der Waals surface area contributed by atoms with E-state index in [1.54, 1.807) is 6.07 Å². The summed E-state index contributed by atoms with van der Waals surface area (Å²) in [4.78, 5) is 24.3. The summed E-state index contributed by atoms with van der Waals surface area (Å²) >= 11 is 1.47. The Kier molecular flexibility index (Phi) is 2.67. The summed E-state index contributed by atoms with van der Waals surface area (Å²) in [6.45, 7) is 0. The van der Waals surface area contributed by atoms with E-state index in [2.05, 4.69) is 0 Å². The minimum absolute atomic E-state index is 0.228. The van der Waals surface area contributed by atoms with Crippen LogP contribution in [0.3, 0.4) is 0 Å². The van der Waals surface area contributed by atoms with E-state index < -0.39 is 0 Å². The number of carbonyl (C=O) groups excluding carboxylic acids is 2. The highest BCUT2D eigenvalue weighted by molar-refractivity contribution is 8.00. The molecule has 1 aliphatic carbocycles. The molecule has 4 heteroatoms. The molecule has 0 aromatic heterocycles. The number of thioether (sulfide) groups is 1. The number of ketones is 1. The predicted octanol–water partition coefficient (Wildman–Crippen LogP) is 2.64. The lowest BCUT2D eigenvalue weighted by atomic mass is 10.2. The van der Waals surface area contributed by atoms with Gasteiger partial charge >= 0.3 is 5.97 Å². The van der Waals surface area contributed by atoms with Gasteiger partial charge < -0.3 is 4.74 Å². The number of ether oxygens (including phenoxy) is 1. The number of benzene rings is 1. The van der Waals surface area contributed by atoms with Crippen LogP contribution in [0, 0.1) is 5.92 Å². The largest absolute Gasteiger partial charge is 0.447 e. The lowest BCUT2D eigenvalue weighted by molar-refractivity contribution is -0.121. The second-order valence-electron chi connectivity index (χ2n) is 4.39. The first-order valence-corrected chi connectivity index (χ1v) is 6.61. The van der Waals surface area contributed by atoms with Crippen LogP contribution < -0.4 is 0 Å². The third kappa shape index (κ3) is 2.22. The molecule has 0 radical (unpaired) electrons. The zero-order chi connectivity index (χ0) is 11.8. The highest BCUT2D eigenvalue weighted by atomic mass is 32.2. The fourth-order valence-corrected chi connectivity index (χ4v) is 3.01. The molecule has 0 bridgehead atoms. The van der Waals surface area contributed by atoms with Crippen molar-refractivity contribution in [2.75, 3.05) is 0 Å². The molecule has 3 nitrogen and oxygen atoms in total. The monoisotopic (exact) mass is 248 g/mol. The number of rotatable bonds is 3. The van der Waals surface area contributed by atoms with Crippen LogP contribution in [0.25, 0.3) is 0 Å². The van der Waals surface area contributed by atoms with Crippen LogP contribution in [0.5, 0.6) is 0 Å². The third-order valence-corrected chi connectivity index (χ3v) is 4.14. The molecule has 0 spiro atoms. The minimum Gasteiger partial charge on any atom is -0.447 e. The third-order valence-electron chi connectivity index (χ3n) is 3.00. The maximum atomic E-state index is 11.7. The molecule has 17 heavy (non-hydrogen) atoms.